The van der Waals surface area contributed by atoms with Crippen molar-refractivity contribution in [3.8, 4) is 0 Å². The number of aromatic nitrogens is 1. The first kappa shape index (κ1) is 16.4. The van der Waals surface area contributed by atoms with Gasteiger partial charge in [0, 0.05) is 24.6 Å². The van der Waals surface area contributed by atoms with Gasteiger partial charge in [-0.15, -0.1) is 0 Å². The van der Waals surface area contributed by atoms with E-state index in [1.54, 1.807) is 31.3 Å². The molecule has 24 heavy (non-hydrogen) atoms. The highest BCUT2D eigenvalue weighted by molar-refractivity contribution is 5.80. The molecule has 1 aromatic heterocycles. The molecule has 0 unspecified atom stereocenters. The van der Waals surface area contributed by atoms with Crippen LogP contribution in [-0.2, 0) is 9.53 Å². The number of rotatable bonds is 6. The lowest BCUT2D eigenvalue weighted by Gasteiger charge is -2.04. The van der Waals surface area contributed by atoms with Crippen LogP contribution in [0.4, 0.5) is 10.2 Å². The Bertz CT molecular complexity index is 718. The van der Waals surface area contributed by atoms with Crippen LogP contribution in [0.15, 0.2) is 42.6 Å². The van der Waals surface area contributed by atoms with Crippen LogP contribution in [0, 0.1) is 11.7 Å². The average molecular weight is 328 g/mol. The van der Waals surface area contributed by atoms with Gasteiger partial charge in [-0.3, -0.25) is 4.79 Å². The summed E-state index contributed by atoms with van der Waals surface area (Å²) in [6, 6.07) is 10.5. The van der Waals surface area contributed by atoms with Gasteiger partial charge in [0.25, 0.3) is 0 Å². The monoisotopic (exact) mass is 328 g/mol. The van der Waals surface area contributed by atoms with Crippen molar-refractivity contribution < 1.29 is 13.9 Å². The fraction of sp³-hybridized carbons (Fsp3) is 0.368. The Labute approximate surface area is 141 Å². The van der Waals surface area contributed by atoms with Gasteiger partial charge in [0.2, 0.25) is 0 Å². The van der Waals surface area contributed by atoms with Crippen molar-refractivity contribution in [2.45, 2.75) is 25.7 Å². The van der Waals surface area contributed by atoms with Crippen LogP contribution in [0.2, 0.25) is 0 Å². The molecule has 0 bridgehead atoms. The minimum Gasteiger partial charge on any atom is -0.466 e. The summed E-state index contributed by atoms with van der Waals surface area (Å²) in [6.45, 7) is 4.89. The number of hydrogen-bond donors (Lipinski definition) is 1. The van der Waals surface area contributed by atoms with Gasteiger partial charge in [-0.25, -0.2) is 9.37 Å². The Kier molecular flexibility index (Phi) is 4.79. The molecular formula is C19H21FN2O2. The van der Waals surface area contributed by atoms with E-state index in [2.05, 4.69) is 10.3 Å². The number of nitrogens with one attached hydrogen (secondary N) is 1. The third-order valence-corrected chi connectivity index (χ3v) is 4.37. The minimum absolute atomic E-state index is 0.0934. The summed E-state index contributed by atoms with van der Waals surface area (Å²) in [5.74, 6) is -0.408. The van der Waals surface area contributed by atoms with Gasteiger partial charge >= 0.3 is 5.97 Å². The molecule has 4 nitrogen and oxygen atoms in total. The minimum atomic E-state index is -0.353. The number of ether oxygens (including phenoxy) is 1. The highest BCUT2D eigenvalue weighted by atomic mass is 19.1. The maximum absolute atomic E-state index is 14.2. The first-order valence-corrected chi connectivity index (χ1v) is 8.28. The quantitative estimate of drug-likeness (QED) is 0.821. The molecule has 1 fully saturated rings. The first-order chi connectivity index (χ1) is 11.7. The standard InChI is InChI=1S/C19H21FN2O2/c1-3-21-15-10-9-12(11-22-15)16-17(18(16)19(23)24-4-2)13-7-5-6-8-14(13)20/h5-11,16-18H,3-4H2,1-2H3,(H,21,22)/t16-,17-,18+/m1/s1. The first-order valence-electron chi connectivity index (χ1n) is 8.28. The fourth-order valence-electron chi connectivity index (χ4n) is 3.28. The van der Waals surface area contributed by atoms with E-state index in [1.807, 2.05) is 19.1 Å². The van der Waals surface area contributed by atoms with Crippen molar-refractivity contribution in [3.63, 3.8) is 0 Å². The van der Waals surface area contributed by atoms with Crippen molar-refractivity contribution in [1.82, 2.24) is 4.98 Å². The predicted molar refractivity (Wildman–Crippen MR) is 90.4 cm³/mol. The Morgan fingerprint density at radius 2 is 2.00 bits per heavy atom. The molecule has 0 aliphatic heterocycles. The van der Waals surface area contributed by atoms with Crippen molar-refractivity contribution in [3.05, 3.63) is 59.5 Å². The zero-order chi connectivity index (χ0) is 17.1. The molecule has 5 heteroatoms. The molecular weight excluding hydrogens is 307 g/mol. The second-order valence-corrected chi connectivity index (χ2v) is 5.86. The second-order valence-electron chi connectivity index (χ2n) is 5.86. The second kappa shape index (κ2) is 6.99. The molecule has 0 amide bonds. The topological polar surface area (TPSA) is 51.2 Å². The number of esters is 1. The lowest BCUT2D eigenvalue weighted by molar-refractivity contribution is -0.144. The molecule has 0 spiro atoms. The number of nitrogens with zero attached hydrogens (tertiary/aromatic N) is 1. The highest BCUT2D eigenvalue weighted by Gasteiger charge is 2.58. The van der Waals surface area contributed by atoms with Gasteiger partial charge in [-0.1, -0.05) is 24.3 Å². The third kappa shape index (κ3) is 3.11. The van der Waals surface area contributed by atoms with E-state index in [0.29, 0.717) is 12.2 Å². The molecule has 1 N–H and O–H groups in total. The molecule has 126 valence electrons. The van der Waals surface area contributed by atoms with Gasteiger partial charge in [-0.05, 0) is 37.1 Å². The summed E-state index contributed by atoms with van der Waals surface area (Å²) in [4.78, 5) is 16.6. The van der Waals surface area contributed by atoms with Crippen LogP contribution in [0.5, 0.6) is 0 Å². The zero-order valence-corrected chi connectivity index (χ0v) is 13.8. The van der Waals surface area contributed by atoms with Crippen LogP contribution in [0.25, 0.3) is 0 Å². The molecule has 3 atom stereocenters. The van der Waals surface area contributed by atoms with E-state index in [-0.39, 0.29) is 29.5 Å². The van der Waals surface area contributed by atoms with E-state index >= 15 is 0 Å². The van der Waals surface area contributed by atoms with Gasteiger partial charge in [-0.2, -0.15) is 0 Å². The van der Waals surface area contributed by atoms with E-state index in [9.17, 15) is 9.18 Å². The Hall–Kier alpha value is -2.43. The summed E-state index contributed by atoms with van der Waals surface area (Å²) in [7, 11) is 0. The van der Waals surface area contributed by atoms with Gasteiger partial charge in [0.1, 0.15) is 11.6 Å². The van der Waals surface area contributed by atoms with E-state index < -0.39 is 0 Å². The summed E-state index contributed by atoms with van der Waals surface area (Å²) in [5, 5.41) is 3.14. The molecule has 0 radical (unpaired) electrons. The van der Waals surface area contributed by atoms with E-state index in [0.717, 1.165) is 17.9 Å². The maximum Gasteiger partial charge on any atom is 0.310 e. The van der Waals surface area contributed by atoms with E-state index in [4.69, 9.17) is 4.74 Å². The number of carbonyl (C=O) groups is 1. The SMILES string of the molecule is CCNc1ccc([C@H]2[C@H](C(=O)OCC)[C@@H]2c2ccccc2F)cn1. The predicted octanol–water partition coefficient (Wildman–Crippen LogP) is 3.71. The zero-order valence-electron chi connectivity index (χ0n) is 13.8. The lowest BCUT2D eigenvalue weighted by Crippen LogP contribution is -2.08. The summed E-state index contributed by atoms with van der Waals surface area (Å²) >= 11 is 0. The number of anilines is 1. The average Bonchev–Trinajstić information content (AvgIpc) is 3.32. The third-order valence-electron chi connectivity index (χ3n) is 4.37. The van der Waals surface area contributed by atoms with Crippen molar-refractivity contribution in [2.75, 3.05) is 18.5 Å². The van der Waals surface area contributed by atoms with Crippen molar-refractivity contribution in [1.29, 1.82) is 0 Å². The maximum atomic E-state index is 14.2. The van der Waals surface area contributed by atoms with Crippen LogP contribution in [0.3, 0.4) is 0 Å². The van der Waals surface area contributed by atoms with Crippen LogP contribution in [0.1, 0.15) is 36.8 Å². The molecule has 1 aliphatic rings. The van der Waals surface area contributed by atoms with Gasteiger partial charge in [0.05, 0.1) is 12.5 Å². The normalized spacial score (nSPS) is 22.0. The molecule has 2 aromatic rings. The molecule has 1 heterocycles. The molecule has 1 aromatic carbocycles. The van der Waals surface area contributed by atoms with Gasteiger partial charge in [0.15, 0.2) is 0 Å². The summed E-state index contributed by atoms with van der Waals surface area (Å²) in [6.07, 6.45) is 1.76. The van der Waals surface area contributed by atoms with Crippen LogP contribution in [-0.4, -0.2) is 24.1 Å². The van der Waals surface area contributed by atoms with Crippen molar-refractivity contribution >= 4 is 11.8 Å². The smallest absolute Gasteiger partial charge is 0.310 e. The summed E-state index contributed by atoms with van der Waals surface area (Å²) < 4.78 is 19.4. The number of pyridine rings is 1. The molecule has 0 saturated heterocycles. The lowest BCUT2D eigenvalue weighted by atomic mass is 10.1. The molecule has 3 rings (SSSR count). The number of carbonyl (C=O) groups excluding carboxylic acids is 1. The highest BCUT2D eigenvalue weighted by Crippen LogP contribution is 2.61. The molecule has 1 aliphatic carbocycles. The number of halogens is 1. The Balaban J connectivity index is 1.89. The van der Waals surface area contributed by atoms with Crippen molar-refractivity contribution in [2.24, 2.45) is 5.92 Å². The number of benzene rings is 1. The molecule has 1 saturated carbocycles. The Morgan fingerprint density at radius 3 is 2.62 bits per heavy atom. The number of hydrogen-bond acceptors (Lipinski definition) is 4. The fourth-order valence-corrected chi connectivity index (χ4v) is 3.28. The van der Waals surface area contributed by atoms with Gasteiger partial charge < -0.3 is 10.1 Å². The van der Waals surface area contributed by atoms with E-state index in [1.165, 1.54) is 6.07 Å². The van der Waals surface area contributed by atoms with Crippen LogP contribution >= 0.6 is 0 Å². The largest absolute Gasteiger partial charge is 0.466 e. The Morgan fingerprint density at radius 1 is 1.21 bits per heavy atom. The van der Waals surface area contributed by atoms with Crippen LogP contribution < -0.4 is 5.32 Å². The summed E-state index contributed by atoms with van der Waals surface area (Å²) in [5.41, 5.74) is 1.50.